The zero-order valence-corrected chi connectivity index (χ0v) is 7.82. The maximum absolute atomic E-state index is 3.98. The minimum atomic E-state index is 0.604. The molecule has 0 aromatic carbocycles. The summed E-state index contributed by atoms with van der Waals surface area (Å²) in [6.45, 7) is 0.604. The summed E-state index contributed by atoms with van der Waals surface area (Å²) >= 11 is 1.34. The standard InChI is InChI=1S/C6H8N6S/c1-7-6-5(10-11-13-6)2-12-4-8-3-9-12/h3-4,7H,2H2,1H3. The first-order chi connectivity index (χ1) is 6.40. The minimum Gasteiger partial charge on any atom is -0.377 e. The van der Waals surface area contributed by atoms with Gasteiger partial charge in [-0.3, -0.25) is 0 Å². The summed E-state index contributed by atoms with van der Waals surface area (Å²) in [5, 5.41) is 11.9. The fourth-order valence-electron chi connectivity index (χ4n) is 0.970. The van der Waals surface area contributed by atoms with E-state index in [0.717, 1.165) is 10.7 Å². The van der Waals surface area contributed by atoms with E-state index in [-0.39, 0.29) is 0 Å². The highest BCUT2D eigenvalue weighted by Crippen LogP contribution is 2.16. The van der Waals surface area contributed by atoms with Gasteiger partial charge in [0.2, 0.25) is 0 Å². The van der Waals surface area contributed by atoms with Gasteiger partial charge in [-0.1, -0.05) is 4.49 Å². The van der Waals surface area contributed by atoms with Crippen molar-refractivity contribution >= 4 is 16.5 Å². The molecule has 0 aliphatic carbocycles. The lowest BCUT2D eigenvalue weighted by atomic mass is 10.4. The molecule has 0 radical (unpaired) electrons. The molecule has 7 heteroatoms. The summed E-state index contributed by atoms with van der Waals surface area (Å²) in [7, 11) is 1.85. The highest BCUT2D eigenvalue weighted by molar-refractivity contribution is 7.10. The van der Waals surface area contributed by atoms with E-state index in [0.29, 0.717) is 6.54 Å². The quantitative estimate of drug-likeness (QED) is 0.760. The Hall–Kier alpha value is -1.50. The van der Waals surface area contributed by atoms with Crippen molar-refractivity contribution in [3.05, 3.63) is 18.3 Å². The van der Waals surface area contributed by atoms with Crippen LogP contribution < -0.4 is 5.32 Å². The number of hydrogen-bond donors (Lipinski definition) is 1. The summed E-state index contributed by atoms with van der Waals surface area (Å²) in [4.78, 5) is 3.84. The van der Waals surface area contributed by atoms with Crippen molar-refractivity contribution in [2.75, 3.05) is 12.4 Å². The van der Waals surface area contributed by atoms with E-state index >= 15 is 0 Å². The Kier molecular flexibility index (Phi) is 2.17. The first kappa shape index (κ1) is 8.11. The molecule has 0 atom stereocenters. The Morgan fingerprint density at radius 1 is 1.62 bits per heavy atom. The molecule has 0 aliphatic heterocycles. The van der Waals surface area contributed by atoms with Gasteiger partial charge in [-0.15, -0.1) is 5.10 Å². The summed E-state index contributed by atoms with van der Waals surface area (Å²) < 4.78 is 5.55. The highest BCUT2D eigenvalue weighted by Gasteiger charge is 2.06. The predicted octanol–water partition coefficient (Wildman–Crippen LogP) is 0.220. The van der Waals surface area contributed by atoms with Crippen LogP contribution in [0.3, 0.4) is 0 Å². The molecule has 1 N–H and O–H groups in total. The van der Waals surface area contributed by atoms with E-state index in [9.17, 15) is 0 Å². The molecule has 2 rings (SSSR count). The van der Waals surface area contributed by atoms with E-state index in [1.165, 1.54) is 17.9 Å². The topological polar surface area (TPSA) is 68.5 Å². The fourth-order valence-corrected chi connectivity index (χ4v) is 1.49. The van der Waals surface area contributed by atoms with Crippen LogP contribution in [0.5, 0.6) is 0 Å². The molecule has 2 aromatic heterocycles. The van der Waals surface area contributed by atoms with Crippen molar-refractivity contribution in [1.29, 1.82) is 0 Å². The normalized spacial score (nSPS) is 10.2. The first-order valence-electron chi connectivity index (χ1n) is 3.71. The molecule has 0 amide bonds. The van der Waals surface area contributed by atoms with Gasteiger partial charge in [0.1, 0.15) is 23.3 Å². The number of hydrogen-bond acceptors (Lipinski definition) is 6. The van der Waals surface area contributed by atoms with Gasteiger partial charge in [-0.25, -0.2) is 9.67 Å². The molecule has 0 saturated carbocycles. The fraction of sp³-hybridized carbons (Fsp3) is 0.333. The SMILES string of the molecule is CNc1snnc1Cn1cncn1. The van der Waals surface area contributed by atoms with Crippen molar-refractivity contribution in [1.82, 2.24) is 24.4 Å². The van der Waals surface area contributed by atoms with Crippen LogP contribution in [0.2, 0.25) is 0 Å². The second-order valence-electron chi connectivity index (χ2n) is 2.39. The molecular formula is C6H8N6S. The second-order valence-corrected chi connectivity index (χ2v) is 3.15. The average molecular weight is 196 g/mol. The zero-order valence-electron chi connectivity index (χ0n) is 7.01. The average Bonchev–Trinajstić information content (AvgIpc) is 2.76. The smallest absolute Gasteiger partial charge is 0.137 e. The van der Waals surface area contributed by atoms with Crippen LogP contribution in [0.1, 0.15) is 5.69 Å². The van der Waals surface area contributed by atoms with Crippen LogP contribution in [0.4, 0.5) is 5.00 Å². The number of nitrogens with one attached hydrogen (secondary N) is 1. The van der Waals surface area contributed by atoms with Crippen LogP contribution in [0.25, 0.3) is 0 Å². The molecule has 6 nitrogen and oxygen atoms in total. The Bertz CT molecular complexity index is 366. The zero-order chi connectivity index (χ0) is 9.10. The Balaban J connectivity index is 2.18. The summed E-state index contributed by atoms with van der Waals surface area (Å²) in [5.41, 5.74) is 0.887. The summed E-state index contributed by atoms with van der Waals surface area (Å²) in [6, 6.07) is 0. The highest BCUT2D eigenvalue weighted by atomic mass is 32.1. The molecule has 0 bridgehead atoms. The van der Waals surface area contributed by atoms with Crippen molar-refractivity contribution in [2.45, 2.75) is 6.54 Å². The van der Waals surface area contributed by atoms with E-state index in [4.69, 9.17) is 0 Å². The van der Waals surface area contributed by atoms with Crippen LogP contribution in [0, 0.1) is 0 Å². The maximum Gasteiger partial charge on any atom is 0.137 e. The van der Waals surface area contributed by atoms with Gasteiger partial charge >= 0.3 is 0 Å². The Morgan fingerprint density at radius 2 is 2.54 bits per heavy atom. The van der Waals surface area contributed by atoms with Gasteiger partial charge in [0.05, 0.1) is 6.54 Å². The summed E-state index contributed by atoms with van der Waals surface area (Å²) in [5.74, 6) is 0. The number of anilines is 1. The third-order valence-electron chi connectivity index (χ3n) is 1.56. The van der Waals surface area contributed by atoms with Gasteiger partial charge < -0.3 is 5.32 Å². The molecule has 0 unspecified atom stereocenters. The third-order valence-corrected chi connectivity index (χ3v) is 2.35. The van der Waals surface area contributed by atoms with Crippen LogP contribution in [-0.2, 0) is 6.54 Å². The van der Waals surface area contributed by atoms with E-state index in [1.54, 1.807) is 11.0 Å². The van der Waals surface area contributed by atoms with Gasteiger partial charge in [-0.05, 0) is 0 Å². The van der Waals surface area contributed by atoms with E-state index in [2.05, 4.69) is 25.0 Å². The van der Waals surface area contributed by atoms with Gasteiger partial charge in [0.25, 0.3) is 0 Å². The largest absolute Gasteiger partial charge is 0.377 e. The third kappa shape index (κ3) is 1.64. The number of aromatic nitrogens is 5. The van der Waals surface area contributed by atoms with Gasteiger partial charge in [-0.2, -0.15) is 5.10 Å². The predicted molar refractivity (Wildman–Crippen MR) is 48.6 cm³/mol. The first-order valence-corrected chi connectivity index (χ1v) is 4.49. The second kappa shape index (κ2) is 3.48. The molecule has 2 heterocycles. The lowest BCUT2D eigenvalue weighted by Gasteiger charge is -1.98. The Morgan fingerprint density at radius 3 is 3.23 bits per heavy atom. The van der Waals surface area contributed by atoms with Crippen molar-refractivity contribution in [3.8, 4) is 0 Å². The number of nitrogens with zero attached hydrogens (tertiary/aromatic N) is 5. The van der Waals surface area contributed by atoms with E-state index < -0.39 is 0 Å². The van der Waals surface area contributed by atoms with Crippen molar-refractivity contribution in [2.24, 2.45) is 0 Å². The molecule has 2 aromatic rings. The van der Waals surface area contributed by atoms with Crippen LogP contribution in [0.15, 0.2) is 12.7 Å². The molecule has 0 saturated heterocycles. The Labute approximate surface area is 78.8 Å². The lowest BCUT2D eigenvalue weighted by molar-refractivity contribution is 0.669. The van der Waals surface area contributed by atoms with Gasteiger partial charge in [0, 0.05) is 18.6 Å². The van der Waals surface area contributed by atoms with Crippen molar-refractivity contribution in [3.63, 3.8) is 0 Å². The minimum absolute atomic E-state index is 0.604. The van der Waals surface area contributed by atoms with Crippen molar-refractivity contribution < 1.29 is 0 Å². The maximum atomic E-state index is 3.98. The molecule has 0 fully saturated rings. The molecular weight excluding hydrogens is 188 g/mol. The lowest BCUT2D eigenvalue weighted by Crippen LogP contribution is -2.02. The number of rotatable bonds is 3. The van der Waals surface area contributed by atoms with Gasteiger partial charge in [0.15, 0.2) is 0 Å². The molecule has 13 heavy (non-hydrogen) atoms. The van der Waals surface area contributed by atoms with Crippen LogP contribution >= 0.6 is 11.5 Å². The molecule has 0 aliphatic rings. The molecule has 68 valence electrons. The monoisotopic (exact) mass is 196 g/mol. The van der Waals surface area contributed by atoms with Crippen LogP contribution in [-0.4, -0.2) is 31.4 Å². The summed E-state index contributed by atoms with van der Waals surface area (Å²) in [6.07, 6.45) is 3.15. The van der Waals surface area contributed by atoms with E-state index in [1.807, 2.05) is 7.05 Å². The molecule has 0 spiro atoms.